The smallest absolute Gasteiger partial charge is 0.0541 e. The summed E-state index contributed by atoms with van der Waals surface area (Å²) < 4.78 is 7.49. The van der Waals surface area contributed by atoms with Crippen molar-refractivity contribution in [1.82, 2.24) is 9.13 Å². The quantitative estimate of drug-likeness (QED) is 0.177. The second-order valence-electron chi connectivity index (χ2n) is 13.6. The SMILES string of the molecule is C1=CC(c2ccc(-n3c4ccccc4c4cc(-c5ccc6c(c5)c5ccccc5n6-c5ccc6c(c5)sc5ccccc56)ccc43)cc2)=CCC1. The number of rotatable bonds is 4. The van der Waals surface area contributed by atoms with E-state index in [2.05, 4.69) is 179 Å². The number of para-hydroxylation sites is 2. The second kappa shape index (κ2) is 11.2. The van der Waals surface area contributed by atoms with E-state index in [9.17, 15) is 0 Å². The first-order valence-corrected chi connectivity index (χ1v) is 18.6. The molecule has 0 aliphatic heterocycles. The Hall–Kier alpha value is -6.16. The summed E-state index contributed by atoms with van der Waals surface area (Å²) in [6.45, 7) is 0. The first-order chi connectivity index (χ1) is 25.3. The molecular weight excluding hydrogens is 637 g/mol. The molecule has 0 fully saturated rings. The topological polar surface area (TPSA) is 9.86 Å². The second-order valence-corrected chi connectivity index (χ2v) is 14.7. The summed E-state index contributed by atoms with van der Waals surface area (Å²) in [4.78, 5) is 0. The number of allylic oxidation sites excluding steroid dienone is 4. The maximum atomic E-state index is 2.43. The Labute approximate surface area is 299 Å². The lowest BCUT2D eigenvalue weighted by Gasteiger charge is -2.11. The van der Waals surface area contributed by atoms with E-state index in [0.29, 0.717) is 0 Å². The number of hydrogen-bond acceptors (Lipinski definition) is 1. The Morgan fingerprint density at radius 1 is 0.392 bits per heavy atom. The van der Waals surface area contributed by atoms with Gasteiger partial charge in [-0.3, -0.25) is 0 Å². The number of benzene rings is 7. The fourth-order valence-corrected chi connectivity index (χ4v) is 9.48. The average molecular weight is 669 g/mol. The lowest BCUT2D eigenvalue weighted by Crippen LogP contribution is -1.94. The molecule has 10 aromatic rings. The van der Waals surface area contributed by atoms with Gasteiger partial charge in [-0.05, 0) is 102 Å². The zero-order chi connectivity index (χ0) is 33.5. The summed E-state index contributed by atoms with van der Waals surface area (Å²) in [5.41, 5.74) is 12.3. The van der Waals surface area contributed by atoms with Crippen LogP contribution in [0.3, 0.4) is 0 Å². The molecule has 0 saturated heterocycles. The molecule has 0 unspecified atom stereocenters. The highest BCUT2D eigenvalue weighted by atomic mass is 32.1. The van der Waals surface area contributed by atoms with Crippen molar-refractivity contribution < 1.29 is 0 Å². The zero-order valence-corrected chi connectivity index (χ0v) is 28.7. The minimum absolute atomic E-state index is 1.11. The normalized spacial score (nSPS) is 13.4. The van der Waals surface area contributed by atoms with Gasteiger partial charge in [-0.25, -0.2) is 0 Å². The summed E-state index contributed by atoms with van der Waals surface area (Å²) in [6.07, 6.45) is 9.11. The summed E-state index contributed by atoms with van der Waals surface area (Å²) >= 11 is 1.87. The highest BCUT2D eigenvalue weighted by Crippen LogP contribution is 2.40. The van der Waals surface area contributed by atoms with E-state index in [1.807, 2.05) is 11.3 Å². The molecule has 0 bridgehead atoms. The van der Waals surface area contributed by atoms with Crippen LogP contribution in [0.2, 0.25) is 0 Å². The maximum absolute atomic E-state index is 2.43. The third-order valence-corrected chi connectivity index (χ3v) is 11.9. The minimum atomic E-state index is 1.11. The molecule has 11 rings (SSSR count). The Morgan fingerprint density at radius 2 is 0.941 bits per heavy atom. The van der Waals surface area contributed by atoms with Crippen molar-refractivity contribution >= 4 is 80.7 Å². The van der Waals surface area contributed by atoms with E-state index >= 15 is 0 Å². The molecule has 3 aromatic heterocycles. The van der Waals surface area contributed by atoms with Gasteiger partial charge in [0, 0.05) is 53.1 Å². The number of hydrogen-bond donors (Lipinski definition) is 0. The zero-order valence-electron chi connectivity index (χ0n) is 27.9. The molecule has 0 amide bonds. The highest BCUT2D eigenvalue weighted by molar-refractivity contribution is 7.25. The molecule has 0 spiro atoms. The molecule has 0 N–H and O–H groups in total. The average Bonchev–Trinajstić information content (AvgIpc) is 3.85. The van der Waals surface area contributed by atoms with Crippen molar-refractivity contribution in [2.75, 3.05) is 0 Å². The molecule has 0 radical (unpaired) electrons. The van der Waals surface area contributed by atoms with E-state index in [1.165, 1.54) is 97.4 Å². The number of nitrogens with zero attached hydrogens (tertiary/aromatic N) is 2. The van der Waals surface area contributed by atoms with Gasteiger partial charge in [0.05, 0.1) is 22.1 Å². The van der Waals surface area contributed by atoms with Gasteiger partial charge in [-0.1, -0.05) is 103 Å². The van der Waals surface area contributed by atoms with Crippen LogP contribution in [0.5, 0.6) is 0 Å². The van der Waals surface area contributed by atoms with Gasteiger partial charge in [-0.15, -0.1) is 11.3 Å². The third-order valence-electron chi connectivity index (χ3n) is 10.8. The van der Waals surface area contributed by atoms with E-state index < -0.39 is 0 Å². The van der Waals surface area contributed by atoms with Gasteiger partial charge < -0.3 is 9.13 Å². The van der Waals surface area contributed by atoms with Crippen LogP contribution in [0.25, 0.3) is 91.9 Å². The fraction of sp³-hybridized carbons (Fsp3) is 0.0417. The van der Waals surface area contributed by atoms with Gasteiger partial charge in [0.1, 0.15) is 0 Å². The molecule has 1 aliphatic carbocycles. The number of thiophene rings is 1. The van der Waals surface area contributed by atoms with Crippen LogP contribution in [0.4, 0.5) is 0 Å². The molecule has 2 nitrogen and oxygen atoms in total. The van der Waals surface area contributed by atoms with Crippen molar-refractivity contribution in [3.05, 3.63) is 175 Å². The van der Waals surface area contributed by atoms with E-state index in [-0.39, 0.29) is 0 Å². The first kappa shape index (κ1) is 28.7. The molecule has 1 aliphatic rings. The number of fused-ring (bicyclic) bond motifs is 9. The Morgan fingerprint density at radius 3 is 1.61 bits per heavy atom. The van der Waals surface area contributed by atoms with Gasteiger partial charge >= 0.3 is 0 Å². The van der Waals surface area contributed by atoms with Crippen LogP contribution < -0.4 is 0 Å². The Balaban J connectivity index is 1.04. The molecule has 51 heavy (non-hydrogen) atoms. The van der Waals surface area contributed by atoms with Gasteiger partial charge in [0.25, 0.3) is 0 Å². The molecule has 7 aromatic carbocycles. The number of aromatic nitrogens is 2. The van der Waals surface area contributed by atoms with Crippen molar-refractivity contribution in [2.45, 2.75) is 12.8 Å². The van der Waals surface area contributed by atoms with Crippen molar-refractivity contribution in [3.63, 3.8) is 0 Å². The van der Waals surface area contributed by atoms with Crippen LogP contribution in [-0.4, -0.2) is 9.13 Å². The summed E-state index contributed by atoms with van der Waals surface area (Å²) in [5.74, 6) is 0. The van der Waals surface area contributed by atoms with Crippen molar-refractivity contribution in [3.8, 4) is 22.5 Å². The largest absolute Gasteiger partial charge is 0.309 e. The van der Waals surface area contributed by atoms with Crippen LogP contribution in [-0.2, 0) is 0 Å². The molecule has 3 heteroatoms. The molecule has 0 saturated carbocycles. The maximum Gasteiger partial charge on any atom is 0.0541 e. The lowest BCUT2D eigenvalue weighted by molar-refractivity contribution is 1.04. The predicted octanol–water partition coefficient (Wildman–Crippen LogP) is 13.6. The van der Waals surface area contributed by atoms with E-state index in [4.69, 9.17) is 0 Å². The van der Waals surface area contributed by atoms with E-state index in [1.54, 1.807) is 0 Å². The van der Waals surface area contributed by atoms with Crippen LogP contribution in [0.1, 0.15) is 18.4 Å². The van der Waals surface area contributed by atoms with Crippen LogP contribution in [0, 0.1) is 0 Å². The van der Waals surface area contributed by atoms with Gasteiger partial charge in [0.15, 0.2) is 0 Å². The fourth-order valence-electron chi connectivity index (χ4n) is 8.35. The van der Waals surface area contributed by atoms with Crippen molar-refractivity contribution in [2.24, 2.45) is 0 Å². The molecular formula is C48H32N2S. The highest BCUT2D eigenvalue weighted by Gasteiger charge is 2.17. The van der Waals surface area contributed by atoms with Crippen LogP contribution in [0.15, 0.2) is 170 Å². The summed E-state index contributed by atoms with van der Waals surface area (Å²) in [6, 6.07) is 56.3. The Bertz CT molecular complexity index is 3070. The van der Waals surface area contributed by atoms with Crippen LogP contribution >= 0.6 is 11.3 Å². The lowest BCUT2D eigenvalue weighted by atomic mass is 9.99. The summed E-state index contributed by atoms with van der Waals surface area (Å²) in [7, 11) is 0. The van der Waals surface area contributed by atoms with Gasteiger partial charge in [0.2, 0.25) is 0 Å². The van der Waals surface area contributed by atoms with Crippen molar-refractivity contribution in [1.29, 1.82) is 0 Å². The molecule has 0 atom stereocenters. The van der Waals surface area contributed by atoms with E-state index in [0.717, 1.165) is 12.8 Å². The minimum Gasteiger partial charge on any atom is -0.309 e. The van der Waals surface area contributed by atoms with Gasteiger partial charge in [-0.2, -0.15) is 0 Å². The molecule has 3 heterocycles. The molecule has 240 valence electrons. The Kier molecular flexibility index (Phi) is 6.28. The standard InChI is InChI=1S/C48H32N2S/c1-2-10-31(11-3-1)32-18-22-35(23-19-32)49-43-15-7-4-12-37(43)41-28-33(20-26-45(41)49)34-21-27-46-42(29-34)38-13-5-8-16-44(38)50(46)36-24-25-40-39-14-6-9-17-47(39)51-48(40)30-36/h2,4-30H,1,3H2. The monoisotopic (exact) mass is 668 g/mol. The first-order valence-electron chi connectivity index (χ1n) is 17.7. The summed E-state index contributed by atoms with van der Waals surface area (Å²) in [5, 5.41) is 7.73. The third kappa shape index (κ3) is 4.42. The predicted molar refractivity (Wildman–Crippen MR) is 220 cm³/mol.